The number of hydrogen-bond acceptors (Lipinski definition) is 5. The van der Waals surface area contributed by atoms with Crippen LogP contribution in [0.25, 0.3) is 0 Å². The van der Waals surface area contributed by atoms with Crippen LogP contribution in [-0.4, -0.2) is 29.9 Å². The van der Waals surface area contributed by atoms with E-state index in [9.17, 15) is 4.79 Å². The predicted octanol–water partition coefficient (Wildman–Crippen LogP) is 2.80. The monoisotopic (exact) mass is 326 g/mol. The Labute approximate surface area is 134 Å². The van der Waals surface area contributed by atoms with Crippen LogP contribution in [0.3, 0.4) is 0 Å². The largest absolute Gasteiger partial charge is 0.360 e. The van der Waals surface area contributed by atoms with Crippen LogP contribution in [0.2, 0.25) is 5.15 Å². The van der Waals surface area contributed by atoms with Gasteiger partial charge in [0.1, 0.15) is 16.6 Å². The number of nitrogens with zero attached hydrogens (tertiary/aromatic N) is 3. The molecule has 21 heavy (non-hydrogen) atoms. The van der Waals surface area contributed by atoms with Gasteiger partial charge < -0.3 is 10.2 Å². The first-order valence-electron chi connectivity index (χ1n) is 7.25. The number of halogens is 1. The predicted molar refractivity (Wildman–Crippen MR) is 84.7 cm³/mol. The molecule has 7 heteroatoms. The van der Waals surface area contributed by atoms with Crippen molar-refractivity contribution in [2.75, 3.05) is 24.5 Å². The Bertz CT molecular complexity index is 540. The van der Waals surface area contributed by atoms with Crippen LogP contribution in [0.15, 0.2) is 0 Å². The third-order valence-electron chi connectivity index (χ3n) is 3.65. The molecule has 0 aliphatic carbocycles. The van der Waals surface area contributed by atoms with E-state index in [-0.39, 0.29) is 17.0 Å². The molecule has 1 fully saturated rings. The number of carbonyl (C=O) groups is 1. The van der Waals surface area contributed by atoms with Crippen molar-refractivity contribution >= 4 is 34.0 Å². The van der Waals surface area contributed by atoms with Crippen molar-refractivity contribution in [2.45, 2.75) is 32.6 Å². The normalized spacial score (nSPS) is 18.3. The fraction of sp³-hybridized carbons (Fsp3) is 0.643. The van der Waals surface area contributed by atoms with Gasteiger partial charge in [-0.1, -0.05) is 24.9 Å². The van der Waals surface area contributed by atoms with Crippen LogP contribution in [0.4, 0.5) is 5.00 Å². The molecule has 1 atom stereocenters. The zero-order valence-corrected chi connectivity index (χ0v) is 13.6. The lowest BCUT2D eigenvalue weighted by Gasteiger charge is -2.32. The second kappa shape index (κ2) is 7.62. The molecule has 5 nitrogen and oxygen atoms in total. The molecule has 1 aromatic rings. The minimum Gasteiger partial charge on any atom is -0.360 e. The lowest BCUT2D eigenvalue weighted by Crippen LogP contribution is -2.43. The first kappa shape index (κ1) is 16.1. The van der Waals surface area contributed by atoms with Gasteiger partial charge in [0.15, 0.2) is 5.15 Å². The Balaban J connectivity index is 2.00. The Kier molecular flexibility index (Phi) is 5.83. The van der Waals surface area contributed by atoms with Crippen LogP contribution in [0.1, 0.15) is 38.2 Å². The Morgan fingerprint density at radius 3 is 3.19 bits per heavy atom. The van der Waals surface area contributed by atoms with Crippen LogP contribution in [0.5, 0.6) is 0 Å². The summed E-state index contributed by atoms with van der Waals surface area (Å²) < 4.78 is 4.04. The minimum absolute atomic E-state index is 0.0250. The molecule has 1 saturated heterocycles. The topological polar surface area (TPSA) is 69.0 Å². The van der Waals surface area contributed by atoms with Crippen LogP contribution in [-0.2, 0) is 4.79 Å². The van der Waals surface area contributed by atoms with Crippen LogP contribution in [0, 0.1) is 17.2 Å². The number of carbonyl (C=O) groups excluding carboxylic acids is 1. The van der Waals surface area contributed by atoms with Gasteiger partial charge in [-0.2, -0.15) is 9.64 Å². The summed E-state index contributed by atoms with van der Waals surface area (Å²) in [4.78, 5) is 14.2. The van der Waals surface area contributed by atoms with Gasteiger partial charge in [0.25, 0.3) is 0 Å². The number of nitriles is 1. The second-order valence-corrected chi connectivity index (χ2v) is 6.30. The van der Waals surface area contributed by atoms with Crippen LogP contribution >= 0.6 is 23.1 Å². The third kappa shape index (κ3) is 3.86. The summed E-state index contributed by atoms with van der Waals surface area (Å²) in [7, 11) is 0. The fourth-order valence-electron chi connectivity index (χ4n) is 2.48. The maximum absolute atomic E-state index is 12.2. The fourth-order valence-corrected chi connectivity index (χ4v) is 3.55. The van der Waals surface area contributed by atoms with Crippen molar-refractivity contribution < 1.29 is 4.79 Å². The van der Waals surface area contributed by atoms with E-state index in [0.717, 1.165) is 43.8 Å². The van der Waals surface area contributed by atoms with E-state index in [1.54, 1.807) is 0 Å². The van der Waals surface area contributed by atoms with E-state index in [2.05, 4.69) is 27.6 Å². The molecule has 0 aromatic carbocycles. The summed E-state index contributed by atoms with van der Waals surface area (Å²) in [5.41, 5.74) is 0.425. The first-order chi connectivity index (χ1) is 10.2. The standard InChI is InChI=1S/C14H19ClN4OS/c1-2-3-6-17-13(20)10-5-4-7-19(9-10)14-11(8-16)12(15)18-21-14/h10H,2-7,9H2,1H3,(H,17,20). The smallest absolute Gasteiger partial charge is 0.224 e. The van der Waals surface area contributed by atoms with Crippen molar-refractivity contribution in [3.8, 4) is 6.07 Å². The first-order valence-corrected chi connectivity index (χ1v) is 8.40. The Hall–Kier alpha value is -1.32. The molecule has 0 saturated carbocycles. The van der Waals surface area contributed by atoms with Gasteiger partial charge in [-0.05, 0) is 30.8 Å². The van der Waals surface area contributed by atoms with E-state index >= 15 is 0 Å². The van der Waals surface area contributed by atoms with Crippen molar-refractivity contribution in [3.63, 3.8) is 0 Å². The average molecular weight is 327 g/mol. The molecule has 1 unspecified atom stereocenters. The molecule has 1 aliphatic rings. The van der Waals surface area contributed by atoms with Gasteiger partial charge >= 0.3 is 0 Å². The summed E-state index contributed by atoms with van der Waals surface area (Å²) in [6.07, 6.45) is 3.91. The number of rotatable bonds is 5. The average Bonchev–Trinajstić information content (AvgIpc) is 2.88. The van der Waals surface area contributed by atoms with E-state index < -0.39 is 0 Å². The molecule has 1 aromatic heterocycles. The summed E-state index contributed by atoms with van der Waals surface area (Å²) in [6.45, 7) is 4.31. The number of unbranched alkanes of at least 4 members (excludes halogenated alkanes) is 1. The number of hydrogen-bond donors (Lipinski definition) is 1. The van der Waals surface area contributed by atoms with Crippen molar-refractivity contribution in [3.05, 3.63) is 10.7 Å². The summed E-state index contributed by atoms with van der Waals surface area (Å²) in [6, 6.07) is 2.10. The molecule has 0 spiro atoms. The molecule has 2 rings (SSSR count). The Morgan fingerprint density at radius 2 is 2.48 bits per heavy atom. The molecule has 1 amide bonds. The van der Waals surface area contributed by atoms with Gasteiger partial charge in [-0.3, -0.25) is 4.79 Å². The molecule has 0 radical (unpaired) electrons. The lowest BCUT2D eigenvalue weighted by molar-refractivity contribution is -0.125. The minimum atomic E-state index is -0.0250. The SMILES string of the molecule is CCCCNC(=O)C1CCCN(c2snc(Cl)c2C#N)C1. The van der Waals surface area contributed by atoms with E-state index in [1.807, 2.05) is 0 Å². The maximum Gasteiger partial charge on any atom is 0.224 e. The van der Waals surface area contributed by atoms with Crippen molar-refractivity contribution in [1.82, 2.24) is 9.69 Å². The maximum atomic E-state index is 12.2. The molecule has 114 valence electrons. The third-order valence-corrected chi connectivity index (χ3v) is 4.94. The molecule has 1 aliphatic heterocycles. The zero-order chi connectivity index (χ0) is 15.2. The van der Waals surface area contributed by atoms with E-state index in [4.69, 9.17) is 16.9 Å². The number of anilines is 1. The highest BCUT2D eigenvalue weighted by Crippen LogP contribution is 2.33. The molecule has 1 N–H and O–H groups in total. The summed E-state index contributed by atoms with van der Waals surface area (Å²) >= 11 is 7.15. The number of aromatic nitrogens is 1. The number of amides is 1. The highest BCUT2D eigenvalue weighted by Gasteiger charge is 2.28. The molecule has 2 heterocycles. The van der Waals surface area contributed by atoms with Crippen molar-refractivity contribution in [2.24, 2.45) is 5.92 Å². The summed E-state index contributed by atoms with van der Waals surface area (Å²) in [5, 5.41) is 13.2. The quantitative estimate of drug-likeness (QED) is 0.845. The van der Waals surface area contributed by atoms with E-state index in [0.29, 0.717) is 12.1 Å². The van der Waals surface area contributed by atoms with Crippen LogP contribution < -0.4 is 10.2 Å². The zero-order valence-electron chi connectivity index (χ0n) is 12.1. The summed E-state index contributed by atoms with van der Waals surface area (Å²) in [5.74, 6) is 0.0882. The molecular weight excluding hydrogens is 308 g/mol. The Morgan fingerprint density at radius 1 is 1.67 bits per heavy atom. The van der Waals surface area contributed by atoms with Gasteiger partial charge in [0.2, 0.25) is 5.91 Å². The molecular formula is C14H19ClN4OS. The highest BCUT2D eigenvalue weighted by molar-refractivity contribution is 7.10. The molecule has 0 bridgehead atoms. The van der Waals surface area contributed by atoms with Crippen molar-refractivity contribution in [1.29, 1.82) is 5.26 Å². The number of nitrogens with one attached hydrogen (secondary N) is 1. The van der Waals surface area contributed by atoms with Gasteiger partial charge in [-0.15, -0.1) is 0 Å². The van der Waals surface area contributed by atoms with E-state index in [1.165, 1.54) is 11.5 Å². The lowest BCUT2D eigenvalue weighted by atomic mass is 9.97. The second-order valence-electron chi connectivity index (χ2n) is 5.20. The van der Waals surface area contributed by atoms with Gasteiger partial charge in [-0.25, -0.2) is 0 Å². The van der Waals surface area contributed by atoms with Gasteiger partial charge in [0.05, 0.1) is 5.92 Å². The number of piperidine rings is 1. The van der Waals surface area contributed by atoms with Gasteiger partial charge in [0, 0.05) is 19.6 Å². The highest BCUT2D eigenvalue weighted by atomic mass is 35.5.